The van der Waals surface area contributed by atoms with Crippen LogP contribution in [0, 0.1) is 0 Å². The maximum Gasteiger partial charge on any atom is 0.255 e. The molecule has 1 saturated heterocycles. The van der Waals surface area contributed by atoms with Crippen molar-refractivity contribution in [2.75, 3.05) is 33.8 Å². The molecular weight excluding hydrogens is 359 g/mol. The van der Waals surface area contributed by atoms with E-state index in [9.17, 15) is 4.79 Å². The van der Waals surface area contributed by atoms with Gasteiger partial charge in [0.25, 0.3) is 5.91 Å². The molecular formula is C19H20Cl2N2O2. The Morgan fingerprint density at radius 3 is 2.68 bits per heavy atom. The number of rotatable bonds is 3. The fourth-order valence-electron chi connectivity index (χ4n) is 3.10. The van der Waals surface area contributed by atoms with Crippen LogP contribution in [0.3, 0.4) is 0 Å². The molecule has 0 saturated carbocycles. The Kier molecular flexibility index (Phi) is 5.52. The van der Waals surface area contributed by atoms with E-state index in [0.717, 1.165) is 17.9 Å². The quantitative estimate of drug-likeness (QED) is 0.804. The van der Waals surface area contributed by atoms with Crippen molar-refractivity contribution in [3.63, 3.8) is 0 Å². The minimum Gasteiger partial charge on any atom is -0.497 e. The first kappa shape index (κ1) is 18.1. The average Bonchev–Trinajstić information content (AvgIpc) is 2.61. The molecule has 1 aliphatic heterocycles. The molecule has 1 amide bonds. The number of hydrogen-bond donors (Lipinski definition) is 0. The minimum atomic E-state index is -0.0670. The van der Waals surface area contributed by atoms with Crippen molar-refractivity contribution in [2.24, 2.45) is 0 Å². The number of piperazine rings is 1. The van der Waals surface area contributed by atoms with Gasteiger partial charge in [0.2, 0.25) is 0 Å². The second kappa shape index (κ2) is 7.65. The number of benzene rings is 2. The highest BCUT2D eigenvalue weighted by Gasteiger charge is 2.30. The Morgan fingerprint density at radius 2 is 1.96 bits per heavy atom. The van der Waals surface area contributed by atoms with Gasteiger partial charge < -0.3 is 9.64 Å². The summed E-state index contributed by atoms with van der Waals surface area (Å²) in [7, 11) is 3.73. The summed E-state index contributed by atoms with van der Waals surface area (Å²) in [6.45, 7) is 2.05. The lowest BCUT2D eigenvalue weighted by Crippen LogP contribution is -2.49. The highest BCUT2D eigenvalue weighted by Crippen LogP contribution is 2.29. The molecule has 1 fully saturated rings. The lowest BCUT2D eigenvalue weighted by atomic mass is 10.0. The summed E-state index contributed by atoms with van der Waals surface area (Å²) in [4.78, 5) is 17.0. The van der Waals surface area contributed by atoms with E-state index in [0.29, 0.717) is 28.7 Å². The van der Waals surface area contributed by atoms with E-state index in [1.807, 2.05) is 23.1 Å². The first-order valence-electron chi connectivity index (χ1n) is 8.08. The second-order valence-corrected chi connectivity index (χ2v) is 6.99. The molecule has 0 N–H and O–H groups in total. The van der Waals surface area contributed by atoms with Crippen LogP contribution < -0.4 is 4.74 Å². The number of carbonyl (C=O) groups excluding carboxylic acids is 1. The predicted octanol–water partition coefficient (Wildman–Crippen LogP) is 4.13. The molecule has 6 heteroatoms. The van der Waals surface area contributed by atoms with Gasteiger partial charge >= 0.3 is 0 Å². The van der Waals surface area contributed by atoms with Crippen LogP contribution in [0.4, 0.5) is 0 Å². The van der Waals surface area contributed by atoms with Crippen LogP contribution in [0.1, 0.15) is 22.0 Å². The van der Waals surface area contributed by atoms with Gasteiger partial charge in [-0.1, -0.05) is 35.3 Å². The summed E-state index contributed by atoms with van der Waals surface area (Å²) < 4.78 is 5.32. The summed E-state index contributed by atoms with van der Waals surface area (Å²) in [5, 5.41) is 0.906. The van der Waals surface area contributed by atoms with Crippen LogP contribution in [-0.2, 0) is 0 Å². The van der Waals surface area contributed by atoms with E-state index in [1.54, 1.807) is 25.3 Å². The third-order valence-electron chi connectivity index (χ3n) is 4.58. The molecule has 0 aromatic heterocycles. The maximum atomic E-state index is 12.9. The van der Waals surface area contributed by atoms with E-state index in [4.69, 9.17) is 27.9 Å². The highest BCUT2D eigenvalue weighted by atomic mass is 35.5. The van der Waals surface area contributed by atoms with Crippen molar-refractivity contribution in [1.82, 2.24) is 9.80 Å². The fourth-order valence-corrected chi connectivity index (χ4v) is 3.59. The van der Waals surface area contributed by atoms with Crippen molar-refractivity contribution in [2.45, 2.75) is 6.04 Å². The second-order valence-electron chi connectivity index (χ2n) is 6.15. The number of halogens is 2. The third kappa shape index (κ3) is 3.92. The topological polar surface area (TPSA) is 32.8 Å². The van der Waals surface area contributed by atoms with Crippen LogP contribution in [0.25, 0.3) is 0 Å². The lowest BCUT2D eigenvalue weighted by molar-refractivity contribution is 0.0546. The van der Waals surface area contributed by atoms with Gasteiger partial charge in [0.05, 0.1) is 23.7 Å². The molecule has 0 radical (unpaired) electrons. The van der Waals surface area contributed by atoms with E-state index >= 15 is 0 Å². The molecule has 1 atom stereocenters. The Hall–Kier alpha value is -1.75. The van der Waals surface area contributed by atoms with Crippen molar-refractivity contribution < 1.29 is 9.53 Å². The number of nitrogens with zero attached hydrogens (tertiary/aromatic N) is 2. The SMILES string of the molecule is COc1cccc(C2CN(C(=O)c3ccc(Cl)cc3Cl)CCN2C)c1. The molecule has 1 aliphatic rings. The van der Waals surface area contributed by atoms with Gasteiger partial charge in [-0.15, -0.1) is 0 Å². The molecule has 0 bridgehead atoms. The molecule has 0 spiro atoms. The number of methoxy groups -OCH3 is 1. The van der Waals surface area contributed by atoms with Gasteiger partial charge in [-0.25, -0.2) is 0 Å². The third-order valence-corrected chi connectivity index (χ3v) is 5.12. The molecule has 2 aromatic rings. The predicted molar refractivity (Wildman–Crippen MR) is 101 cm³/mol. The van der Waals surface area contributed by atoms with Crippen LogP contribution in [0.5, 0.6) is 5.75 Å². The summed E-state index contributed by atoms with van der Waals surface area (Å²) >= 11 is 12.1. The smallest absolute Gasteiger partial charge is 0.255 e. The first-order chi connectivity index (χ1) is 12.0. The highest BCUT2D eigenvalue weighted by molar-refractivity contribution is 6.36. The molecule has 25 heavy (non-hydrogen) atoms. The Balaban J connectivity index is 1.83. The summed E-state index contributed by atoms with van der Waals surface area (Å²) in [5.41, 5.74) is 1.61. The van der Waals surface area contributed by atoms with Crippen LogP contribution in [-0.4, -0.2) is 49.5 Å². The zero-order valence-corrected chi connectivity index (χ0v) is 15.7. The Bertz CT molecular complexity index is 782. The number of hydrogen-bond acceptors (Lipinski definition) is 3. The number of likely N-dealkylation sites (N-methyl/N-ethyl adjacent to an activating group) is 1. The monoisotopic (exact) mass is 378 g/mol. The average molecular weight is 379 g/mol. The van der Waals surface area contributed by atoms with Gasteiger partial charge in [0.1, 0.15) is 5.75 Å². The van der Waals surface area contributed by atoms with Gasteiger partial charge in [0.15, 0.2) is 0 Å². The van der Waals surface area contributed by atoms with E-state index in [2.05, 4.69) is 18.0 Å². The Morgan fingerprint density at radius 1 is 1.16 bits per heavy atom. The number of amides is 1. The number of carbonyl (C=O) groups is 1. The molecule has 3 rings (SSSR count). The largest absolute Gasteiger partial charge is 0.497 e. The van der Waals surface area contributed by atoms with Crippen LogP contribution >= 0.6 is 23.2 Å². The van der Waals surface area contributed by atoms with Crippen molar-refractivity contribution in [1.29, 1.82) is 0 Å². The van der Waals surface area contributed by atoms with E-state index in [-0.39, 0.29) is 11.9 Å². The first-order valence-corrected chi connectivity index (χ1v) is 8.83. The maximum absolute atomic E-state index is 12.9. The van der Waals surface area contributed by atoms with Gasteiger partial charge in [-0.3, -0.25) is 9.69 Å². The van der Waals surface area contributed by atoms with Crippen LogP contribution in [0.2, 0.25) is 10.0 Å². The molecule has 0 aliphatic carbocycles. The van der Waals surface area contributed by atoms with Gasteiger partial charge in [-0.2, -0.15) is 0 Å². The van der Waals surface area contributed by atoms with E-state index in [1.165, 1.54) is 0 Å². The summed E-state index contributed by atoms with van der Waals surface area (Å²) in [6, 6.07) is 13.1. The minimum absolute atomic E-state index is 0.0670. The molecule has 1 heterocycles. The van der Waals surface area contributed by atoms with Gasteiger partial charge in [0, 0.05) is 24.7 Å². The number of ether oxygens (including phenoxy) is 1. The molecule has 1 unspecified atom stereocenters. The van der Waals surface area contributed by atoms with Crippen molar-refractivity contribution >= 4 is 29.1 Å². The lowest BCUT2D eigenvalue weighted by Gasteiger charge is -2.40. The van der Waals surface area contributed by atoms with E-state index < -0.39 is 0 Å². The zero-order valence-electron chi connectivity index (χ0n) is 14.2. The standard InChI is InChI=1S/C19H20Cl2N2O2/c1-22-8-9-23(19(24)16-7-6-14(20)11-17(16)21)12-18(22)13-4-3-5-15(10-13)25-2/h3-7,10-11,18H,8-9,12H2,1-2H3. The van der Waals surface area contributed by atoms with Crippen molar-refractivity contribution in [3.05, 3.63) is 63.6 Å². The van der Waals surface area contributed by atoms with Crippen LogP contribution in [0.15, 0.2) is 42.5 Å². The zero-order chi connectivity index (χ0) is 18.0. The molecule has 132 valence electrons. The Labute approximate surface area is 157 Å². The molecule has 2 aromatic carbocycles. The van der Waals surface area contributed by atoms with Crippen molar-refractivity contribution in [3.8, 4) is 5.75 Å². The molecule has 4 nitrogen and oxygen atoms in total. The summed E-state index contributed by atoms with van der Waals surface area (Å²) in [6.07, 6.45) is 0. The summed E-state index contributed by atoms with van der Waals surface area (Å²) in [5.74, 6) is 0.748. The van der Waals surface area contributed by atoms with Gasteiger partial charge in [-0.05, 0) is 42.9 Å². The normalized spacial score (nSPS) is 18.2. The fraction of sp³-hybridized carbons (Fsp3) is 0.316.